The molecule has 0 atom stereocenters. The van der Waals surface area contributed by atoms with E-state index < -0.39 is 17.9 Å². The van der Waals surface area contributed by atoms with Crippen molar-refractivity contribution < 1.29 is 31.8 Å². The SMILES string of the molecule is COCCn1cc(C=O)c2c(OC(F)(F)F)ccc(F)c21. The maximum atomic E-state index is 13.9. The lowest BCUT2D eigenvalue weighted by Crippen LogP contribution is -2.17. The molecule has 0 unspecified atom stereocenters. The van der Waals surface area contributed by atoms with Gasteiger partial charge in [-0.25, -0.2) is 4.39 Å². The van der Waals surface area contributed by atoms with E-state index in [1.807, 2.05) is 0 Å². The largest absolute Gasteiger partial charge is 0.573 e. The molecule has 0 aliphatic carbocycles. The highest BCUT2D eigenvalue weighted by molar-refractivity contribution is 6.01. The molecular formula is C13H11F4NO3. The second-order valence-electron chi connectivity index (χ2n) is 4.21. The fraction of sp³-hybridized carbons (Fsp3) is 0.308. The number of methoxy groups -OCH3 is 1. The molecule has 0 amide bonds. The number of carbonyl (C=O) groups excluding carboxylic acids is 1. The minimum absolute atomic E-state index is 0.0835. The standard InChI is InChI=1S/C13H11F4NO3/c1-20-5-4-18-6-8(7-19)11-10(21-13(15,16)17)3-2-9(14)12(11)18/h2-3,6-7H,4-5H2,1H3. The summed E-state index contributed by atoms with van der Waals surface area (Å²) < 4.78 is 61.1. The van der Waals surface area contributed by atoms with Crippen molar-refractivity contribution in [2.24, 2.45) is 0 Å². The summed E-state index contributed by atoms with van der Waals surface area (Å²) in [5.41, 5.74) is -0.212. The summed E-state index contributed by atoms with van der Waals surface area (Å²) >= 11 is 0. The smallest absolute Gasteiger partial charge is 0.405 e. The summed E-state index contributed by atoms with van der Waals surface area (Å²) in [4.78, 5) is 11.0. The highest BCUT2D eigenvalue weighted by Crippen LogP contribution is 2.35. The van der Waals surface area contributed by atoms with Gasteiger partial charge in [-0.05, 0) is 12.1 Å². The Morgan fingerprint density at radius 1 is 1.33 bits per heavy atom. The number of fused-ring (bicyclic) bond motifs is 1. The van der Waals surface area contributed by atoms with Crippen LogP contribution in [-0.4, -0.2) is 30.9 Å². The number of rotatable bonds is 5. The van der Waals surface area contributed by atoms with E-state index in [4.69, 9.17) is 4.74 Å². The zero-order valence-corrected chi connectivity index (χ0v) is 10.9. The number of carbonyl (C=O) groups is 1. The van der Waals surface area contributed by atoms with Crippen molar-refractivity contribution in [3.8, 4) is 5.75 Å². The van der Waals surface area contributed by atoms with Crippen LogP contribution >= 0.6 is 0 Å². The molecule has 0 spiro atoms. The second kappa shape index (κ2) is 5.72. The Bertz CT molecular complexity index is 663. The molecule has 114 valence electrons. The zero-order valence-electron chi connectivity index (χ0n) is 10.9. The molecule has 0 aliphatic heterocycles. The Balaban J connectivity index is 2.65. The molecule has 2 rings (SSSR count). The van der Waals surface area contributed by atoms with Crippen LogP contribution in [-0.2, 0) is 11.3 Å². The number of hydrogen-bond acceptors (Lipinski definition) is 3. The van der Waals surface area contributed by atoms with E-state index in [1.165, 1.54) is 17.9 Å². The quantitative estimate of drug-likeness (QED) is 0.629. The Morgan fingerprint density at radius 3 is 2.62 bits per heavy atom. The van der Waals surface area contributed by atoms with Gasteiger partial charge in [-0.15, -0.1) is 13.2 Å². The molecule has 0 bridgehead atoms. The molecule has 1 aromatic carbocycles. The van der Waals surface area contributed by atoms with Crippen LogP contribution in [0.1, 0.15) is 10.4 Å². The zero-order chi connectivity index (χ0) is 15.6. The number of ether oxygens (including phenoxy) is 2. The first-order valence-corrected chi connectivity index (χ1v) is 5.88. The van der Waals surface area contributed by atoms with E-state index in [0.717, 1.165) is 12.1 Å². The van der Waals surface area contributed by atoms with Crippen LogP contribution in [0.2, 0.25) is 0 Å². The van der Waals surface area contributed by atoms with Gasteiger partial charge < -0.3 is 14.0 Å². The van der Waals surface area contributed by atoms with Crippen LogP contribution in [0.15, 0.2) is 18.3 Å². The molecule has 21 heavy (non-hydrogen) atoms. The lowest BCUT2D eigenvalue weighted by Gasteiger charge is -2.11. The molecule has 0 fully saturated rings. The number of benzene rings is 1. The van der Waals surface area contributed by atoms with Crippen LogP contribution in [0.25, 0.3) is 10.9 Å². The lowest BCUT2D eigenvalue weighted by molar-refractivity contribution is -0.274. The van der Waals surface area contributed by atoms with Crippen molar-refractivity contribution in [1.29, 1.82) is 0 Å². The third kappa shape index (κ3) is 3.15. The molecular weight excluding hydrogens is 294 g/mol. The predicted molar refractivity (Wildman–Crippen MR) is 65.8 cm³/mol. The van der Waals surface area contributed by atoms with Gasteiger partial charge >= 0.3 is 6.36 Å². The molecule has 1 aromatic heterocycles. The van der Waals surface area contributed by atoms with E-state index in [9.17, 15) is 22.4 Å². The fourth-order valence-corrected chi connectivity index (χ4v) is 2.07. The third-order valence-corrected chi connectivity index (χ3v) is 2.85. The van der Waals surface area contributed by atoms with Crippen LogP contribution < -0.4 is 4.74 Å². The van der Waals surface area contributed by atoms with E-state index in [2.05, 4.69) is 4.74 Å². The summed E-state index contributed by atoms with van der Waals surface area (Å²) in [7, 11) is 1.43. The van der Waals surface area contributed by atoms with Gasteiger partial charge in [0, 0.05) is 25.4 Å². The van der Waals surface area contributed by atoms with Gasteiger partial charge in [0.05, 0.1) is 17.5 Å². The summed E-state index contributed by atoms with van der Waals surface area (Å²) in [6, 6.07) is 1.71. The van der Waals surface area contributed by atoms with Gasteiger partial charge in [0.1, 0.15) is 11.6 Å². The second-order valence-corrected chi connectivity index (χ2v) is 4.21. The molecule has 0 N–H and O–H groups in total. The van der Waals surface area contributed by atoms with Crippen molar-refractivity contribution in [2.45, 2.75) is 12.9 Å². The highest BCUT2D eigenvalue weighted by atomic mass is 19.4. The topological polar surface area (TPSA) is 40.5 Å². The maximum absolute atomic E-state index is 13.9. The van der Waals surface area contributed by atoms with Gasteiger partial charge in [0.25, 0.3) is 0 Å². The van der Waals surface area contributed by atoms with Gasteiger partial charge in [-0.3, -0.25) is 4.79 Å². The summed E-state index contributed by atoms with van der Waals surface area (Å²) in [5.74, 6) is -1.36. The van der Waals surface area contributed by atoms with Crippen molar-refractivity contribution >= 4 is 17.2 Å². The molecule has 4 nitrogen and oxygen atoms in total. The number of nitrogens with zero attached hydrogens (tertiary/aromatic N) is 1. The Hall–Kier alpha value is -2.09. The van der Waals surface area contributed by atoms with Crippen LogP contribution in [0.4, 0.5) is 17.6 Å². The van der Waals surface area contributed by atoms with Crippen LogP contribution in [0.5, 0.6) is 5.75 Å². The first kappa shape index (κ1) is 15.3. The monoisotopic (exact) mass is 305 g/mol. The van der Waals surface area contributed by atoms with E-state index in [-0.39, 0.29) is 29.6 Å². The van der Waals surface area contributed by atoms with Gasteiger partial charge in [0.2, 0.25) is 0 Å². The van der Waals surface area contributed by atoms with Crippen LogP contribution in [0, 0.1) is 5.82 Å². The van der Waals surface area contributed by atoms with E-state index >= 15 is 0 Å². The number of aromatic nitrogens is 1. The van der Waals surface area contributed by atoms with Crippen molar-refractivity contribution in [1.82, 2.24) is 4.57 Å². The Kier molecular flexibility index (Phi) is 4.17. The number of hydrogen-bond donors (Lipinski definition) is 0. The predicted octanol–water partition coefficient (Wildman–Crippen LogP) is 3.14. The average molecular weight is 305 g/mol. The molecule has 0 radical (unpaired) electrons. The normalized spacial score (nSPS) is 11.9. The minimum Gasteiger partial charge on any atom is -0.405 e. The number of alkyl halides is 3. The fourth-order valence-electron chi connectivity index (χ4n) is 2.07. The molecule has 2 aromatic rings. The average Bonchev–Trinajstić information content (AvgIpc) is 2.78. The molecule has 0 saturated heterocycles. The van der Waals surface area contributed by atoms with Crippen LogP contribution in [0.3, 0.4) is 0 Å². The molecule has 8 heteroatoms. The number of halogens is 4. The van der Waals surface area contributed by atoms with Gasteiger partial charge in [-0.2, -0.15) is 0 Å². The lowest BCUT2D eigenvalue weighted by atomic mass is 10.1. The van der Waals surface area contributed by atoms with Crippen molar-refractivity contribution in [2.75, 3.05) is 13.7 Å². The first-order chi connectivity index (χ1) is 9.87. The van der Waals surface area contributed by atoms with Gasteiger partial charge in [0.15, 0.2) is 6.29 Å². The highest BCUT2D eigenvalue weighted by Gasteiger charge is 2.33. The Labute approximate surface area is 116 Å². The third-order valence-electron chi connectivity index (χ3n) is 2.85. The van der Waals surface area contributed by atoms with Crippen molar-refractivity contribution in [3.05, 3.63) is 29.7 Å². The van der Waals surface area contributed by atoms with Gasteiger partial charge in [-0.1, -0.05) is 0 Å². The Morgan fingerprint density at radius 2 is 2.05 bits per heavy atom. The first-order valence-electron chi connectivity index (χ1n) is 5.88. The van der Waals surface area contributed by atoms with E-state index in [1.54, 1.807) is 0 Å². The van der Waals surface area contributed by atoms with E-state index in [0.29, 0.717) is 6.29 Å². The molecule has 0 aliphatic rings. The molecule has 1 heterocycles. The maximum Gasteiger partial charge on any atom is 0.573 e. The summed E-state index contributed by atoms with van der Waals surface area (Å²) in [5, 5.41) is -0.210. The summed E-state index contributed by atoms with van der Waals surface area (Å²) in [6.45, 7) is 0.402. The molecule has 0 saturated carbocycles. The minimum atomic E-state index is -4.93. The summed E-state index contributed by atoms with van der Waals surface area (Å²) in [6.07, 6.45) is -3.31. The van der Waals surface area contributed by atoms with Crippen molar-refractivity contribution in [3.63, 3.8) is 0 Å². The number of aldehydes is 1.